The molecule has 0 aliphatic heterocycles. The lowest BCUT2D eigenvalue weighted by Gasteiger charge is -2.04. The molecule has 0 spiro atoms. The fourth-order valence-electron chi connectivity index (χ4n) is 0.859. The van der Waals surface area contributed by atoms with Gasteiger partial charge < -0.3 is 5.21 Å². The van der Waals surface area contributed by atoms with Crippen molar-refractivity contribution in [3.63, 3.8) is 0 Å². The van der Waals surface area contributed by atoms with Crippen molar-refractivity contribution in [1.29, 1.82) is 0 Å². The van der Waals surface area contributed by atoms with Crippen LogP contribution in [0.4, 0.5) is 0 Å². The van der Waals surface area contributed by atoms with Crippen LogP contribution in [-0.4, -0.2) is 10.9 Å². The van der Waals surface area contributed by atoms with Crippen molar-refractivity contribution in [2.45, 2.75) is 6.92 Å². The van der Waals surface area contributed by atoms with E-state index in [1.54, 1.807) is 19.1 Å². The van der Waals surface area contributed by atoms with Crippen molar-refractivity contribution in [1.82, 2.24) is 0 Å². The predicted octanol–water partition coefficient (Wildman–Crippen LogP) is 3.85. The summed E-state index contributed by atoms with van der Waals surface area (Å²) in [5, 5.41) is 12.5. The number of hydrogen-bond acceptors (Lipinski definition) is 2. The Morgan fingerprint density at radius 3 is 2.38 bits per heavy atom. The molecule has 0 bridgehead atoms. The molecule has 0 saturated heterocycles. The number of rotatable bonds is 1. The third-order valence-corrected chi connectivity index (χ3v) is 2.87. The summed E-state index contributed by atoms with van der Waals surface area (Å²) in [7, 11) is 0. The lowest BCUT2D eigenvalue weighted by molar-refractivity contribution is 0.319. The van der Waals surface area contributed by atoms with Gasteiger partial charge in [-0.2, -0.15) is 0 Å². The molecule has 5 heteroatoms. The summed E-state index contributed by atoms with van der Waals surface area (Å²) < 4.78 is 0. The highest BCUT2D eigenvalue weighted by molar-refractivity contribution is 6.49. The van der Waals surface area contributed by atoms with Gasteiger partial charge >= 0.3 is 0 Å². The largest absolute Gasteiger partial charge is 0.411 e. The van der Waals surface area contributed by atoms with E-state index in [-0.39, 0.29) is 5.02 Å². The summed E-state index contributed by atoms with van der Waals surface area (Å²) in [5.74, 6) is 0. The summed E-state index contributed by atoms with van der Waals surface area (Å²) >= 11 is 17.4. The van der Waals surface area contributed by atoms with Crippen LogP contribution in [0.3, 0.4) is 0 Å². The molecule has 1 aromatic carbocycles. The van der Waals surface area contributed by atoms with Gasteiger partial charge in [-0.25, -0.2) is 0 Å². The van der Waals surface area contributed by atoms with E-state index in [0.717, 1.165) is 0 Å². The molecule has 0 unspecified atom stereocenters. The van der Waals surface area contributed by atoms with Crippen molar-refractivity contribution in [2.24, 2.45) is 5.16 Å². The molecule has 0 aliphatic rings. The minimum Gasteiger partial charge on any atom is -0.411 e. The molecule has 0 heterocycles. The molecule has 1 rings (SSSR count). The average Bonchev–Trinajstić information content (AvgIpc) is 2.13. The average molecular weight is 239 g/mol. The van der Waals surface area contributed by atoms with Crippen LogP contribution in [0.15, 0.2) is 17.3 Å². The second-order valence-corrected chi connectivity index (χ2v) is 3.57. The van der Waals surface area contributed by atoms with Crippen LogP contribution in [0.25, 0.3) is 0 Å². The van der Waals surface area contributed by atoms with Gasteiger partial charge in [-0.3, -0.25) is 0 Å². The van der Waals surface area contributed by atoms with E-state index in [9.17, 15) is 0 Å². The highest BCUT2D eigenvalue weighted by Crippen LogP contribution is 2.32. The molecule has 0 saturated carbocycles. The Kier molecular flexibility index (Phi) is 3.42. The van der Waals surface area contributed by atoms with E-state index in [2.05, 4.69) is 5.16 Å². The molecule has 0 aliphatic carbocycles. The minimum atomic E-state index is 0.267. The minimum absolute atomic E-state index is 0.267. The van der Waals surface area contributed by atoms with Crippen molar-refractivity contribution in [3.05, 3.63) is 32.8 Å². The Morgan fingerprint density at radius 1 is 1.23 bits per heavy atom. The maximum atomic E-state index is 8.53. The Bertz CT molecular complexity index is 363. The van der Waals surface area contributed by atoms with Crippen LogP contribution in [0.2, 0.25) is 15.1 Å². The van der Waals surface area contributed by atoms with E-state index < -0.39 is 0 Å². The van der Waals surface area contributed by atoms with Crippen LogP contribution in [-0.2, 0) is 0 Å². The van der Waals surface area contributed by atoms with Crippen molar-refractivity contribution < 1.29 is 5.21 Å². The second-order valence-electron chi connectivity index (χ2n) is 2.41. The van der Waals surface area contributed by atoms with Crippen LogP contribution in [0.5, 0.6) is 0 Å². The van der Waals surface area contributed by atoms with Gasteiger partial charge in [-0.15, -0.1) is 0 Å². The van der Waals surface area contributed by atoms with E-state index >= 15 is 0 Å². The standard InChI is InChI=1S/C8H6Cl3NO/c1-4(12-13)5-2-3-6(9)8(11)7(5)10/h2-3,13H,1H3. The zero-order chi connectivity index (χ0) is 10.0. The summed E-state index contributed by atoms with van der Waals surface area (Å²) in [6.45, 7) is 1.62. The second kappa shape index (κ2) is 4.18. The number of nitrogens with zero attached hydrogens (tertiary/aromatic N) is 1. The lowest BCUT2D eigenvalue weighted by Crippen LogP contribution is -1.95. The SMILES string of the molecule is CC(=NO)c1ccc(Cl)c(Cl)c1Cl. The highest BCUT2D eigenvalue weighted by atomic mass is 35.5. The summed E-state index contributed by atoms with van der Waals surface area (Å²) in [6, 6.07) is 3.24. The third-order valence-electron chi connectivity index (χ3n) is 1.57. The van der Waals surface area contributed by atoms with Gasteiger partial charge in [0.25, 0.3) is 0 Å². The first-order valence-corrected chi connectivity index (χ1v) is 4.54. The topological polar surface area (TPSA) is 32.6 Å². The van der Waals surface area contributed by atoms with Crippen molar-refractivity contribution in [2.75, 3.05) is 0 Å². The fraction of sp³-hybridized carbons (Fsp3) is 0.125. The van der Waals surface area contributed by atoms with Crippen molar-refractivity contribution >= 4 is 40.5 Å². The van der Waals surface area contributed by atoms with Crippen LogP contribution in [0.1, 0.15) is 12.5 Å². The first-order valence-electron chi connectivity index (χ1n) is 3.40. The Balaban J connectivity index is 3.34. The molecule has 13 heavy (non-hydrogen) atoms. The number of hydrogen-bond donors (Lipinski definition) is 1. The zero-order valence-electron chi connectivity index (χ0n) is 6.68. The first-order chi connectivity index (χ1) is 6.07. The summed E-state index contributed by atoms with van der Waals surface area (Å²) in [5.41, 5.74) is 0.960. The van der Waals surface area contributed by atoms with Gasteiger partial charge in [-0.1, -0.05) is 40.0 Å². The predicted molar refractivity (Wildman–Crippen MR) is 55.5 cm³/mol. The number of oxime groups is 1. The Hall–Kier alpha value is -0.440. The zero-order valence-corrected chi connectivity index (χ0v) is 8.95. The normalized spacial score (nSPS) is 11.8. The van der Waals surface area contributed by atoms with Crippen LogP contribution < -0.4 is 0 Å². The monoisotopic (exact) mass is 237 g/mol. The van der Waals surface area contributed by atoms with Gasteiger partial charge in [0, 0.05) is 5.56 Å². The molecule has 0 amide bonds. The molecule has 0 radical (unpaired) electrons. The molecule has 0 fully saturated rings. The number of benzene rings is 1. The van der Waals surface area contributed by atoms with Gasteiger partial charge in [0.1, 0.15) is 0 Å². The summed E-state index contributed by atoms with van der Waals surface area (Å²) in [4.78, 5) is 0. The van der Waals surface area contributed by atoms with E-state index in [0.29, 0.717) is 21.3 Å². The molecule has 1 aromatic rings. The van der Waals surface area contributed by atoms with E-state index in [1.807, 2.05) is 0 Å². The molecule has 1 N–H and O–H groups in total. The quantitative estimate of drug-likeness (QED) is 0.343. The van der Waals surface area contributed by atoms with E-state index in [4.69, 9.17) is 40.0 Å². The summed E-state index contributed by atoms with van der Waals surface area (Å²) in [6.07, 6.45) is 0. The molecule has 0 aromatic heterocycles. The maximum Gasteiger partial charge on any atom is 0.0852 e. The fourth-order valence-corrected chi connectivity index (χ4v) is 1.53. The van der Waals surface area contributed by atoms with Gasteiger partial charge in [-0.05, 0) is 19.1 Å². The highest BCUT2D eigenvalue weighted by Gasteiger charge is 2.10. The maximum absolute atomic E-state index is 8.53. The molecule has 2 nitrogen and oxygen atoms in total. The molecular weight excluding hydrogens is 232 g/mol. The third kappa shape index (κ3) is 2.08. The van der Waals surface area contributed by atoms with Gasteiger partial charge in [0.05, 0.1) is 20.8 Å². The number of halogens is 3. The molecule has 0 atom stereocenters. The lowest BCUT2D eigenvalue weighted by atomic mass is 10.1. The van der Waals surface area contributed by atoms with Gasteiger partial charge in [0.15, 0.2) is 0 Å². The van der Waals surface area contributed by atoms with Crippen LogP contribution in [0, 0.1) is 0 Å². The smallest absolute Gasteiger partial charge is 0.0852 e. The van der Waals surface area contributed by atoms with Crippen molar-refractivity contribution in [3.8, 4) is 0 Å². The van der Waals surface area contributed by atoms with Gasteiger partial charge in [0.2, 0.25) is 0 Å². The molecule has 70 valence electrons. The molecular formula is C8H6Cl3NO. The van der Waals surface area contributed by atoms with E-state index in [1.165, 1.54) is 0 Å². The first kappa shape index (κ1) is 10.6. The Morgan fingerprint density at radius 2 is 1.85 bits per heavy atom. The Labute approximate surface area is 90.7 Å². The van der Waals surface area contributed by atoms with Crippen LogP contribution >= 0.6 is 34.8 Å².